The monoisotopic (exact) mass is 267 g/mol. The molecule has 0 bridgehead atoms. The van der Waals surface area contributed by atoms with Crippen LogP contribution in [0, 0.1) is 5.92 Å². The zero-order valence-electron chi connectivity index (χ0n) is 12.5. The predicted octanol–water partition coefficient (Wildman–Crippen LogP) is 1.32. The minimum Gasteiger partial charge on any atom is -0.339 e. The van der Waals surface area contributed by atoms with Gasteiger partial charge in [-0.05, 0) is 12.8 Å². The smallest absolute Gasteiger partial charge is 0.225 e. The van der Waals surface area contributed by atoms with Crippen molar-refractivity contribution in [2.45, 2.75) is 45.6 Å². The number of nitrogens with one attached hydrogen (secondary N) is 1. The van der Waals surface area contributed by atoms with Gasteiger partial charge in [0.05, 0.1) is 0 Å². The first-order valence-electron chi connectivity index (χ1n) is 7.99. The Hall–Kier alpha value is -0.610. The standard InChI is InChI=1S/C15H29N3O/c1-3-5-6-13(4-2)15(19)18-11-14(12-18)17-9-7-16-8-10-17/h13-14,16H,3-12H2,1-2H3. The van der Waals surface area contributed by atoms with Gasteiger partial charge in [0.1, 0.15) is 0 Å². The summed E-state index contributed by atoms with van der Waals surface area (Å²) >= 11 is 0. The molecule has 4 heteroatoms. The van der Waals surface area contributed by atoms with E-state index in [0.29, 0.717) is 11.9 Å². The van der Waals surface area contributed by atoms with E-state index in [1.165, 1.54) is 12.8 Å². The van der Waals surface area contributed by atoms with Crippen molar-refractivity contribution in [2.75, 3.05) is 39.3 Å². The summed E-state index contributed by atoms with van der Waals surface area (Å²) in [6.07, 6.45) is 4.43. The van der Waals surface area contributed by atoms with Gasteiger partial charge in [-0.25, -0.2) is 0 Å². The highest BCUT2D eigenvalue weighted by Gasteiger charge is 2.36. The Labute approximate surface area is 117 Å². The van der Waals surface area contributed by atoms with E-state index in [9.17, 15) is 4.79 Å². The van der Waals surface area contributed by atoms with E-state index in [1.807, 2.05) is 0 Å². The molecule has 1 unspecified atom stereocenters. The summed E-state index contributed by atoms with van der Waals surface area (Å²) in [6.45, 7) is 10.7. The Balaban J connectivity index is 1.73. The first kappa shape index (κ1) is 14.8. The van der Waals surface area contributed by atoms with Crippen molar-refractivity contribution in [3.63, 3.8) is 0 Å². The number of carbonyl (C=O) groups excluding carboxylic acids is 1. The van der Waals surface area contributed by atoms with E-state index in [2.05, 4.69) is 29.0 Å². The summed E-state index contributed by atoms with van der Waals surface area (Å²) in [6, 6.07) is 0.620. The van der Waals surface area contributed by atoms with Gasteiger partial charge in [-0.3, -0.25) is 9.69 Å². The van der Waals surface area contributed by atoms with Crippen LogP contribution in [-0.2, 0) is 4.79 Å². The predicted molar refractivity (Wildman–Crippen MR) is 78.1 cm³/mol. The molecular formula is C15H29N3O. The number of hydrogen-bond donors (Lipinski definition) is 1. The minimum absolute atomic E-state index is 0.268. The third-order valence-electron chi connectivity index (χ3n) is 4.59. The molecule has 0 aromatic heterocycles. The number of piperazine rings is 1. The maximum atomic E-state index is 12.4. The lowest BCUT2D eigenvalue weighted by molar-refractivity contribution is -0.143. The van der Waals surface area contributed by atoms with Crippen molar-refractivity contribution in [3.05, 3.63) is 0 Å². The fraction of sp³-hybridized carbons (Fsp3) is 0.933. The molecule has 1 atom stereocenters. The molecule has 0 saturated carbocycles. The van der Waals surface area contributed by atoms with E-state index in [4.69, 9.17) is 0 Å². The summed E-state index contributed by atoms with van der Waals surface area (Å²) in [7, 11) is 0. The quantitative estimate of drug-likeness (QED) is 0.788. The zero-order valence-corrected chi connectivity index (χ0v) is 12.5. The zero-order chi connectivity index (χ0) is 13.7. The molecule has 1 amide bonds. The van der Waals surface area contributed by atoms with Crippen LogP contribution >= 0.6 is 0 Å². The number of carbonyl (C=O) groups is 1. The molecule has 110 valence electrons. The van der Waals surface area contributed by atoms with Crippen LogP contribution in [0.5, 0.6) is 0 Å². The Kier molecular flexibility index (Phi) is 5.64. The molecule has 2 rings (SSSR count). The van der Waals surface area contributed by atoms with Gasteiger partial charge >= 0.3 is 0 Å². The number of nitrogens with zero attached hydrogens (tertiary/aromatic N) is 2. The first-order valence-corrected chi connectivity index (χ1v) is 7.99. The fourth-order valence-electron chi connectivity index (χ4n) is 3.12. The van der Waals surface area contributed by atoms with E-state index < -0.39 is 0 Å². The molecule has 0 spiro atoms. The van der Waals surface area contributed by atoms with Gasteiger partial charge in [0.15, 0.2) is 0 Å². The normalized spacial score (nSPS) is 23.2. The summed E-state index contributed by atoms with van der Waals surface area (Å²) < 4.78 is 0. The molecule has 2 fully saturated rings. The second kappa shape index (κ2) is 7.25. The molecule has 4 nitrogen and oxygen atoms in total. The van der Waals surface area contributed by atoms with E-state index in [0.717, 1.165) is 52.1 Å². The van der Waals surface area contributed by atoms with E-state index in [1.54, 1.807) is 0 Å². The summed E-state index contributed by atoms with van der Waals surface area (Å²) in [4.78, 5) is 17.0. The highest BCUT2D eigenvalue weighted by atomic mass is 16.2. The molecule has 2 aliphatic rings. The van der Waals surface area contributed by atoms with Crippen LogP contribution in [0.25, 0.3) is 0 Å². The largest absolute Gasteiger partial charge is 0.339 e. The highest BCUT2D eigenvalue weighted by molar-refractivity contribution is 5.79. The van der Waals surface area contributed by atoms with Crippen LogP contribution in [0.2, 0.25) is 0 Å². The number of hydrogen-bond acceptors (Lipinski definition) is 3. The third kappa shape index (κ3) is 3.69. The summed E-state index contributed by atoms with van der Waals surface area (Å²) in [5, 5.41) is 3.38. The number of amides is 1. The van der Waals surface area contributed by atoms with Gasteiger partial charge in [0.25, 0.3) is 0 Å². The number of likely N-dealkylation sites (tertiary alicyclic amines) is 1. The Bertz CT molecular complexity index is 283. The van der Waals surface area contributed by atoms with Crippen LogP contribution in [0.4, 0.5) is 0 Å². The summed E-state index contributed by atoms with van der Waals surface area (Å²) in [5.74, 6) is 0.672. The molecule has 19 heavy (non-hydrogen) atoms. The number of rotatable bonds is 6. The lowest BCUT2D eigenvalue weighted by Gasteiger charge is -2.47. The second-order valence-corrected chi connectivity index (χ2v) is 5.93. The van der Waals surface area contributed by atoms with E-state index >= 15 is 0 Å². The van der Waals surface area contributed by atoms with Gasteiger partial charge in [-0.1, -0.05) is 26.7 Å². The van der Waals surface area contributed by atoms with Crippen molar-refractivity contribution in [2.24, 2.45) is 5.92 Å². The van der Waals surface area contributed by atoms with Crippen molar-refractivity contribution in [1.82, 2.24) is 15.1 Å². The molecule has 2 heterocycles. The lowest BCUT2D eigenvalue weighted by atomic mass is 9.95. The fourth-order valence-corrected chi connectivity index (χ4v) is 3.12. The van der Waals surface area contributed by atoms with Gasteiger partial charge in [0, 0.05) is 51.2 Å². The maximum Gasteiger partial charge on any atom is 0.225 e. The van der Waals surface area contributed by atoms with Gasteiger partial charge in [-0.2, -0.15) is 0 Å². The first-order chi connectivity index (χ1) is 9.26. The van der Waals surface area contributed by atoms with Crippen LogP contribution in [-0.4, -0.2) is 61.0 Å². The lowest BCUT2D eigenvalue weighted by Crippen LogP contribution is -2.64. The molecule has 0 radical (unpaired) electrons. The molecule has 2 aliphatic heterocycles. The van der Waals surface area contributed by atoms with Crippen molar-refractivity contribution in [3.8, 4) is 0 Å². The maximum absolute atomic E-state index is 12.4. The van der Waals surface area contributed by atoms with Crippen LogP contribution in [0.15, 0.2) is 0 Å². The second-order valence-electron chi connectivity index (χ2n) is 5.93. The molecule has 0 aromatic rings. The average Bonchev–Trinajstić information content (AvgIpc) is 2.39. The topological polar surface area (TPSA) is 35.6 Å². The summed E-state index contributed by atoms with van der Waals surface area (Å²) in [5.41, 5.74) is 0. The highest BCUT2D eigenvalue weighted by Crippen LogP contribution is 2.22. The Morgan fingerprint density at radius 2 is 1.95 bits per heavy atom. The molecule has 2 saturated heterocycles. The SMILES string of the molecule is CCCCC(CC)C(=O)N1CC(N2CCNCC2)C1. The number of unbranched alkanes of at least 4 members (excludes halogenated alkanes) is 1. The Morgan fingerprint density at radius 1 is 1.26 bits per heavy atom. The molecular weight excluding hydrogens is 238 g/mol. The van der Waals surface area contributed by atoms with Gasteiger partial charge < -0.3 is 10.2 Å². The minimum atomic E-state index is 0.268. The average molecular weight is 267 g/mol. The van der Waals surface area contributed by atoms with Crippen molar-refractivity contribution >= 4 is 5.91 Å². The molecule has 0 aromatic carbocycles. The van der Waals surface area contributed by atoms with Crippen molar-refractivity contribution in [1.29, 1.82) is 0 Å². The van der Waals surface area contributed by atoms with Crippen molar-refractivity contribution < 1.29 is 4.79 Å². The van der Waals surface area contributed by atoms with Gasteiger partial charge in [-0.15, -0.1) is 0 Å². The Morgan fingerprint density at radius 3 is 2.53 bits per heavy atom. The van der Waals surface area contributed by atoms with Crippen LogP contribution in [0.1, 0.15) is 39.5 Å². The van der Waals surface area contributed by atoms with E-state index in [-0.39, 0.29) is 5.92 Å². The van der Waals surface area contributed by atoms with Crippen LogP contribution < -0.4 is 5.32 Å². The van der Waals surface area contributed by atoms with Crippen LogP contribution in [0.3, 0.4) is 0 Å². The third-order valence-corrected chi connectivity index (χ3v) is 4.59. The van der Waals surface area contributed by atoms with Gasteiger partial charge in [0.2, 0.25) is 5.91 Å². The molecule has 0 aliphatic carbocycles. The molecule has 1 N–H and O–H groups in total.